The van der Waals surface area contributed by atoms with Crippen molar-refractivity contribution >= 4 is 5.91 Å². The third-order valence-electron chi connectivity index (χ3n) is 3.65. The molecule has 1 aromatic heterocycles. The van der Waals surface area contributed by atoms with Crippen LogP contribution in [0, 0.1) is 11.6 Å². The van der Waals surface area contributed by atoms with Crippen LogP contribution in [0.2, 0.25) is 0 Å². The highest BCUT2D eigenvalue weighted by Crippen LogP contribution is 2.09. The van der Waals surface area contributed by atoms with Crippen molar-refractivity contribution in [1.29, 1.82) is 0 Å². The molecule has 0 spiro atoms. The summed E-state index contributed by atoms with van der Waals surface area (Å²) in [6, 6.07) is 10.5. The lowest BCUT2D eigenvalue weighted by molar-refractivity contribution is 0.0954. The maximum absolute atomic E-state index is 13.1. The highest BCUT2D eigenvalue weighted by Gasteiger charge is 2.06. The fraction of sp³-hybridized carbons (Fsp3) is 0.167. The quantitative estimate of drug-likeness (QED) is 0.749. The first-order valence-corrected chi connectivity index (χ1v) is 7.75. The summed E-state index contributed by atoms with van der Waals surface area (Å²) in [6.45, 7) is 0.871. The zero-order valence-electron chi connectivity index (χ0n) is 13.3. The predicted octanol–water partition coefficient (Wildman–Crippen LogP) is 2.58. The van der Waals surface area contributed by atoms with Crippen LogP contribution in [0.4, 0.5) is 8.78 Å². The SMILES string of the molecule is O=C(NCCc1cc(F)cc(F)c1)c1ccc(Cn2cncn2)cc1. The van der Waals surface area contributed by atoms with Gasteiger partial charge >= 0.3 is 0 Å². The number of hydrogen-bond donors (Lipinski definition) is 1. The summed E-state index contributed by atoms with van der Waals surface area (Å²) < 4.78 is 27.9. The number of nitrogens with zero attached hydrogens (tertiary/aromatic N) is 3. The van der Waals surface area contributed by atoms with Crippen LogP contribution in [0.1, 0.15) is 21.5 Å². The molecule has 128 valence electrons. The fourth-order valence-electron chi connectivity index (χ4n) is 2.44. The Bertz CT molecular complexity index is 828. The lowest BCUT2D eigenvalue weighted by Crippen LogP contribution is -2.25. The largest absolute Gasteiger partial charge is 0.352 e. The number of benzene rings is 2. The van der Waals surface area contributed by atoms with Gasteiger partial charge in [-0.1, -0.05) is 12.1 Å². The molecule has 3 aromatic rings. The molecule has 0 fully saturated rings. The number of nitrogens with one attached hydrogen (secondary N) is 1. The number of hydrogen-bond acceptors (Lipinski definition) is 3. The molecular weight excluding hydrogens is 326 g/mol. The van der Waals surface area contributed by atoms with Crippen LogP contribution in [0.15, 0.2) is 55.1 Å². The normalized spacial score (nSPS) is 10.6. The average molecular weight is 342 g/mol. The van der Waals surface area contributed by atoms with Crippen molar-refractivity contribution in [1.82, 2.24) is 20.1 Å². The summed E-state index contributed by atoms with van der Waals surface area (Å²) in [4.78, 5) is 16.0. The van der Waals surface area contributed by atoms with E-state index in [1.165, 1.54) is 18.5 Å². The Balaban J connectivity index is 1.52. The Morgan fingerprint density at radius 1 is 1.04 bits per heavy atom. The van der Waals surface area contributed by atoms with Gasteiger partial charge in [0.05, 0.1) is 6.54 Å². The van der Waals surface area contributed by atoms with Gasteiger partial charge in [0.15, 0.2) is 0 Å². The van der Waals surface area contributed by atoms with Crippen molar-refractivity contribution in [2.45, 2.75) is 13.0 Å². The van der Waals surface area contributed by atoms with E-state index in [0.29, 0.717) is 30.6 Å². The zero-order valence-corrected chi connectivity index (χ0v) is 13.3. The molecule has 0 atom stereocenters. The Kier molecular flexibility index (Phi) is 5.13. The number of aromatic nitrogens is 3. The molecule has 0 aliphatic heterocycles. The summed E-state index contributed by atoms with van der Waals surface area (Å²) in [5.74, 6) is -1.47. The number of amides is 1. The molecule has 1 N–H and O–H groups in total. The number of carbonyl (C=O) groups is 1. The van der Waals surface area contributed by atoms with E-state index in [1.807, 2.05) is 12.1 Å². The van der Waals surface area contributed by atoms with Gasteiger partial charge in [-0.25, -0.2) is 18.4 Å². The van der Waals surface area contributed by atoms with Gasteiger partial charge < -0.3 is 5.32 Å². The van der Waals surface area contributed by atoms with E-state index >= 15 is 0 Å². The second-order valence-electron chi connectivity index (χ2n) is 5.57. The zero-order chi connectivity index (χ0) is 17.6. The molecule has 0 radical (unpaired) electrons. The Labute approximate surface area is 143 Å². The van der Waals surface area contributed by atoms with Crippen molar-refractivity contribution in [3.05, 3.63) is 83.4 Å². The molecule has 0 unspecified atom stereocenters. The van der Waals surface area contributed by atoms with Crippen LogP contribution in [0.25, 0.3) is 0 Å². The molecule has 0 saturated heterocycles. The highest BCUT2D eigenvalue weighted by molar-refractivity contribution is 5.94. The van der Waals surface area contributed by atoms with E-state index in [0.717, 1.165) is 11.6 Å². The van der Waals surface area contributed by atoms with Gasteiger partial charge in [-0.2, -0.15) is 5.10 Å². The minimum atomic E-state index is -0.621. The van der Waals surface area contributed by atoms with Crippen molar-refractivity contribution < 1.29 is 13.6 Å². The van der Waals surface area contributed by atoms with Crippen molar-refractivity contribution in [2.24, 2.45) is 0 Å². The molecular formula is C18H16F2N4O. The van der Waals surface area contributed by atoms with Gasteiger partial charge in [-0.15, -0.1) is 0 Å². The van der Waals surface area contributed by atoms with Crippen LogP contribution in [0.5, 0.6) is 0 Å². The average Bonchev–Trinajstić information content (AvgIpc) is 3.07. The van der Waals surface area contributed by atoms with E-state index in [-0.39, 0.29) is 5.91 Å². The van der Waals surface area contributed by atoms with Gasteiger partial charge in [0.2, 0.25) is 0 Å². The molecule has 2 aromatic carbocycles. The van der Waals surface area contributed by atoms with Gasteiger partial charge in [0, 0.05) is 18.2 Å². The van der Waals surface area contributed by atoms with Crippen LogP contribution >= 0.6 is 0 Å². The van der Waals surface area contributed by atoms with Crippen molar-refractivity contribution in [2.75, 3.05) is 6.54 Å². The predicted molar refractivity (Wildman–Crippen MR) is 88.0 cm³/mol. The second kappa shape index (κ2) is 7.65. The molecule has 0 saturated carbocycles. The number of rotatable bonds is 6. The van der Waals surface area contributed by atoms with E-state index in [9.17, 15) is 13.6 Å². The highest BCUT2D eigenvalue weighted by atomic mass is 19.1. The van der Waals surface area contributed by atoms with E-state index in [2.05, 4.69) is 15.4 Å². The van der Waals surface area contributed by atoms with Crippen LogP contribution in [-0.4, -0.2) is 27.2 Å². The summed E-state index contributed by atoms with van der Waals surface area (Å²) >= 11 is 0. The second-order valence-corrected chi connectivity index (χ2v) is 5.57. The molecule has 1 heterocycles. The lowest BCUT2D eigenvalue weighted by Gasteiger charge is -2.07. The number of halogens is 2. The lowest BCUT2D eigenvalue weighted by atomic mass is 10.1. The molecule has 0 aliphatic carbocycles. The van der Waals surface area contributed by atoms with Crippen molar-refractivity contribution in [3.63, 3.8) is 0 Å². The summed E-state index contributed by atoms with van der Waals surface area (Å²) in [5.41, 5.74) is 2.02. The Morgan fingerprint density at radius 2 is 1.76 bits per heavy atom. The first kappa shape index (κ1) is 16.8. The van der Waals surface area contributed by atoms with Crippen LogP contribution < -0.4 is 5.32 Å². The van der Waals surface area contributed by atoms with Crippen LogP contribution in [0.3, 0.4) is 0 Å². The minimum Gasteiger partial charge on any atom is -0.352 e. The van der Waals surface area contributed by atoms with Crippen molar-refractivity contribution in [3.8, 4) is 0 Å². The minimum absolute atomic E-state index is 0.232. The van der Waals surface area contributed by atoms with E-state index in [1.54, 1.807) is 23.1 Å². The van der Waals surface area contributed by atoms with Gasteiger partial charge in [-0.3, -0.25) is 4.79 Å². The molecule has 3 rings (SSSR count). The third kappa shape index (κ3) is 4.69. The summed E-state index contributed by atoms with van der Waals surface area (Å²) in [5, 5.41) is 6.76. The van der Waals surface area contributed by atoms with Gasteiger partial charge in [-0.05, 0) is 41.8 Å². The molecule has 0 bridgehead atoms. The Hall–Kier alpha value is -3.09. The molecule has 0 aliphatic rings. The fourth-order valence-corrected chi connectivity index (χ4v) is 2.44. The first-order chi connectivity index (χ1) is 12.1. The van der Waals surface area contributed by atoms with E-state index in [4.69, 9.17) is 0 Å². The summed E-state index contributed by atoms with van der Waals surface area (Å²) in [7, 11) is 0. The maximum atomic E-state index is 13.1. The molecule has 1 amide bonds. The smallest absolute Gasteiger partial charge is 0.251 e. The van der Waals surface area contributed by atoms with E-state index < -0.39 is 11.6 Å². The Morgan fingerprint density at radius 3 is 2.40 bits per heavy atom. The molecule has 5 nitrogen and oxygen atoms in total. The maximum Gasteiger partial charge on any atom is 0.251 e. The first-order valence-electron chi connectivity index (χ1n) is 7.75. The molecule has 25 heavy (non-hydrogen) atoms. The van der Waals surface area contributed by atoms with Crippen LogP contribution in [-0.2, 0) is 13.0 Å². The monoisotopic (exact) mass is 342 g/mol. The van der Waals surface area contributed by atoms with Gasteiger partial charge in [0.1, 0.15) is 24.3 Å². The van der Waals surface area contributed by atoms with Gasteiger partial charge in [0.25, 0.3) is 5.91 Å². The summed E-state index contributed by atoms with van der Waals surface area (Å²) in [6.07, 6.45) is 3.44. The standard InChI is InChI=1S/C18H16F2N4O/c19-16-7-14(8-17(20)9-16)5-6-22-18(25)15-3-1-13(2-4-15)10-24-12-21-11-23-24/h1-4,7-9,11-12H,5-6,10H2,(H,22,25). The number of carbonyl (C=O) groups excluding carboxylic acids is 1. The molecule has 7 heteroatoms. The third-order valence-corrected chi connectivity index (χ3v) is 3.65. The topological polar surface area (TPSA) is 59.8 Å².